The number of benzene rings is 1. The van der Waals surface area contributed by atoms with Crippen molar-refractivity contribution in [2.24, 2.45) is 0 Å². The van der Waals surface area contributed by atoms with Gasteiger partial charge in [0.25, 0.3) is 0 Å². The Bertz CT molecular complexity index is 719. The van der Waals surface area contributed by atoms with E-state index in [-0.39, 0.29) is 0 Å². The molecule has 7 heteroatoms. The Kier molecular flexibility index (Phi) is 6.21. The summed E-state index contributed by atoms with van der Waals surface area (Å²) in [5, 5.41) is 4.72. The van der Waals surface area contributed by atoms with E-state index in [2.05, 4.69) is 20.1 Å². The number of nitrogens with one attached hydrogen (secondary N) is 1. The van der Waals surface area contributed by atoms with E-state index in [0.29, 0.717) is 6.04 Å². The monoisotopic (exact) mass is 376 g/mol. The molecule has 142 valence electrons. The second-order valence-electron chi connectivity index (χ2n) is 6.79. The number of thiazole rings is 1. The molecule has 2 heterocycles. The molecule has 2 aromatic rings. The Morgan fingerprint density at radius 2 is 2.08 bits per heavy atom. The van der Waals surface area contributed by atoms with Crippen LogP contribution in [0.25, 0.3) is 0 Å². The zero-order valence-corrected chi connectivity index (χ0v) is 16.8. The molecule has 0 amide bonds. The van der Waals surface area contributed by atoms with Crippen molar-refractivity contribution in [3.8, 4) is 11.5 Å². The van der Waals surface area contributed by atoms with Crippen molar-refractivity contribution in [2.75, 3.05) is 51.6 Å². The van der Waals surface area contributed by atoms with Crippen molar-refractivity contribution in [2.45, 2.75) is 25.4 Å². The van der Waals surface area contributed by atoms with Gasteiger partial charge in [0.05, 0.1) is 14.2 Å². The second kappa shape index (κ2) is 8.60. The van der Waals surface area contributed by atoms with Crippen LogP contribution in [0, 0.1) is 0 Å². The van der Waals surface area contributed by atoms with Gasteiger partial charge in [0, 0.05) is 56.1 Å². The second-order valence-corrected chi connectivity index (χ2v) is 7.89. The predicted octanol–water partition coefficient (Wildman–Crippen LogP) is 3.30. The largest absolute Gasteiger partial charge is 0.493 e. The van der Waals surface area contributed by atoms with E-state index in [1.165, 1.54) is 17.7 Å². The van der Waals surface area contributed by atoms with Gasteiger partial charge in [-0.25, -0.2) is 4.98 Å². The van der Waals surface area contributed by atoms with Crippen molar-refractivity contribution in [3.05, 3.63) is 29.3 Å². The Morgan fingerprint density at radius 3 is 2.77 bits per heavy atom. The van der Waals surface area contributed by atoms with Crippen LogP contribution in [0.3, 0.4) is 0 Å². The van der Waals surface area contributed by atoms with E-state index in [0.717, 1.165) is 42.0 Å². The van der Waals surface area contributed by atoms with Crippen molar-refractivity contribution < 1.29 is 9.47 Å². The average Bonchev–Trinajstić information content (AvgIpc) is 3.10. The summed E-state index contributed by atoms with van der Waals surface area (Å²) in [5.41, 5.74) is 1.07. The van der Waals surface area contributed by atoms with Crippen LogP contribution >= 0.6 is 11.3 Å². The lowest BCUT2D eigenvalue weighted by molar-refractivity contribution is 0.210. The van der Waals surface area contributed by atoms with Crippen LogP contribution < -0.4 is 19.7 Å². The average molecular weight is 377 g/mol. The van der Waals surface area contributed by atoms with Gasteiger partial charge in [-0.3, -0.25) is 4.90 Å². The predicted molar refractivity (Wildman–Crippen MR) is 108 cm³/mol. The molecule has 26 heavy (non-hydrogen) atoms. The number of aromatic nitrogens is 1. The molecule has 1 unspecified atom stereocenters. The van der Waals surface area contributed by atoms with Gasteiger partial charge in [0.2, 0.25) is 0 Å². The van der Waals surface area contributed by atoms with Gasteiger partial charge in [0.15, 0.2) is 16.6 Å². The van der Waals surface area contributed by atoms with Gasteiger partial charge in [-0.15, -0.1) is 11.3 Å². The Labute approximate surface area is 159 Å². The smallest absolute Gasteiger partial charge is 0.185 e. The van der Waals surface area contributed by atoms with E-state index in [1.807, 2.05) is 38.5 Å². The van der Waals surface area contributed by atoms with Crippen LogP contribution in [0.15, 0.2) is 24.4 Å². The number of piperidine rings is 1. The van der Waals surface area contributed by atoms with Crippen molar-refractivity contribution >= 4 is 22.2 Å². The summed E-state index contributed by atoms with van der Waals surface area (Å²) in [4.78, 5) is 10.4. The van der Waals surface area contributed by atoms with E-state index in [9.17, 15) is 0 Å². The maximum Gasteiger partial charge on any atom is 0.185 e. The van der Waals surface area contributed by atoms with Crippen LogP contribution in [0.1, 0.15) is 17.7 Å². The first-order valence-electron chi connectivity index (χ1n) is 8.92. The van der Waals surface area contributed by atoms with Gasteiger partial charge < -0.3 is 19.7 Å². The number of hydrogen-bond acceptors (Lipinski definition) is 7. The first-order chi connectivity index (χ1) is 12.6. The highest BCUT2D eigenvalue weighted by molar-refractivity contribution is 7.15. The number of nitrogens with zero attached hydrogens (tertiary/aromatic N) is 3. The van der Waals surface area contributed by atoms with E-state index in [4.69, 9.17) is 9.47 Å². The Morgan fingerprint density at radius 1 is 1.27 bits per heavy atom. The Hall–Kier alpha value is -1.99. The highest BCUT2D eigenvalue weighted by atomic mass is 32.1. The number of methoxy groups -OCH3 is 2. The molecule has 1 fully saturated rings. The van der Waals surface area contributed by atoms with Crippen molar-refractivity contribution in [1.29, 1.82) is 0 Å². The molecule has 0 spiro atoms. The molecular formula is C19H28N4O2S. The van der Waals surface area contributed by atoms with E-state index < -0.39 is 0 Å². The summed E-state index contributed by atoms with van der Waals surface area (Å²) in [6, 6.07) is 6.43. The fourth-order valence-corrected chi connectivity index (χ4v) is 4.15. The van der Waals surface area contributed by atoms with Gasteiger partial charge in [0.1, 0.15) is 0 Å². The van der Waals surface area contributed by atoms with Gasteiger partial charge in [-0.05, 0) is 31.5 Å². The summed E-state index contributed by atoms with van der Waals surface area (Å²) in [6.07, 6.45) is 4.38. The third-order valence-corrected chi connectivity index (χ3v) is 5.71. The topological polar surface area (TPSA) is 49.9 Å². The highest BCUT2D eigenvalue weighted by Crippen LogP contribution is 2.31. The summed E-state index contributed by atoms with van der Waals surface area (Å²) < 4.78 is 10.7. The lowest BCUT2D eigenvalue weighted by Crippen LogP contribution is -2.41. The minimum absolute atomic E-state index is 0.433. The Balaban J connectivity index is 1.59. The zero-order chi connectivity index (χ0) is 18.5. The molecule has 1 atom stereocenters. The number of likely N-dealkylation sites (tertiary alicyclic amines) is 1. The quantitative estimate of drug-likeness (QED) is 0.800. The molecule has 1 aromatic heterocycles. The molecule has 1 N–H and O–H groups in total. The maximum absolute atomic E-state index is 5.40. The van der Waals surface area contributed by atoms with Crippen molar-refractivity contribution in [1.82, 2.24) is 9.88 Å². The molecule has 0 bridgehead atoms. The molecule has 6 nitrogen and oxygen atoms in total. The molecule has 3 rings (SSSR count). The summed E-state index contributed by atoms with van der Waals surface area (Å²) in [6.45, 7) is 3.14. The van der Waals surface area contributed by atoms with E-state index in [1.54, 1.807) is 25.6 Å². The third-order valence-electron chi connectivity index (χ3n) is 4.56. The molecule has 1 aromatic carbocycles. The number of hydrogen-bond donors (Lipinski definition) is 1. The molecular weight excluding hydrogens is 348 g/mol. The first kappa shape index (κ1) is 18.8. The summed E-state index contributed by atoms with van der Waals surface area (Å²) >= 11 is 1.77. The number of ether oxygens (including phenoxy) is 2. The standard InChI is InChI=1S/C19H28N4O2S/c1-22(2)19-20-11-16(26-19)13-23-9-5-6-15(12-23)21-14-7-8-17(24-3)18(10-14)25-4/h7-8,10-11,15,21H,5-6,9,12-13H2,1-4H3. The van der Waals surface area contributed by atoms with Crippen LogP contribution in [-0.4, -0.2) is 57.3 Å². The third kappa shape index (κ3) is 4.59. The van der Waals surface area contributed by atoms with E-state index >= 15 is 0 Å². The molecule has 1 aliphatic rings. The lowest BCUT2D eigenvalue weighted by atomic mass is 10.1. The van der Waals surface area contributed by atoms with Crippen LogP contribution in [-0.2, 0) is 6.54 Å². The minimum Gasteiger partial charge on any atom is -0.493 e. The zero-order valence-electron chi connectivity index (χ0n) is 16.0. The molecule has 1 saturated heterocycles. The SMILES string of the molecule is COc1ccc(NC2CCCN(Cc3cnc(N(C)C)s3)C2)cc1OC. The number of anilines is 2. The van der Waals surface area contributed by atoms with Crippen LogP contribution in [0.2, 0.25) is 0 Å². The van der Waals surface area contributed by atoms with Gasteiger partial charge >= 0.3 is 0 Å². The summed E-state index contributed by atoms with van der Waals surface area (Å²) in [5.74, 6) is 1.51. The highest BCUT2D eigenvalue weighted by Gasteiger charge is 2.21. The van der Waals surface area contributed by atoms with Crippen LogP contribution in [0.5, 0.6) is 11.5 Å². The summed E-state index contributed by atoms with van der Waals surface area (Å²) in [7, 11) is 7.39. The lowest BCUT2D eigenvalue weighted by Gasteiger charge is -2.33. The molecule has 0 saturated carbocycles. The van der Waals surface area contributed by atoms with Gasteiger partial charge in [-0.2, -0.15) is 0 Å². The van der Waals surface area contributed by atoms with Crippen LogP contribution in [0.4, 0.5) is 10.8 Å². The molecule has 0 aliphatic carbocycles. The minimum atomic E-state index is 0.433. The maximum atomic E-state index is 5.40. The fourth-order valence-electron chi connectivity index (χ4n) is 3.28. The normalized spacial score (nSPS) is 17.8. The molecule has 0 radical (unpaired) electrons. The van der Waals surface area contributed by atoms with Crippen molar-refractivity contribution in [3.63, 3.8) is 0 Å². The first-order valence-corrected chi connectivity index (χ1v) is 9.73. The van der Waals surface area contributed by atoms with Gasteiger partial charge in [-0.1, -0.05) is 0 Å². The number of rotatable bonds is 7. The molecule has 1 aliphatic heterocycles. The fraction of sp³-hybridized carbons (Fsp3) is 0.526.